The van der Waals surface area contributed by atoms with Gasteiger partial charge in [-0.1, -0.05) is 192 Å². The zero-order chi connectivity index (χ0) is 37.5. The van der Waals surface area contributed by atoms with Gasteiger partial charge in [0.15, 0.2) is 6.10 Å². The summed E-state index contributed by atoms with van der Waals surface area (Å²) in [6.07, 6.45) is 43.5. The molecule has 0 fully saturated rings. The summed E-state index contributed by atoms with van der Waals surface area (Å²) >= 11 is 0. The number of phosphoric acid groups is 1. The van der Waals surface area contributed by atoms with E-state index < -0.39 is 32.5 Å². The van der Waals surface area contributed by atoms with Crippen LogP contribution >= 0.6 is 7.82 Å². The Hall–Kier alpha value is -1.47. The first-order valence-corrected chi connectivity index (χ1v) is 22.7. The summed E-state index contributed by atoms with van der Waals surface area (Å²) in [4.78, 5) is 42.7. The van der Waals surface area contributed by atoms with Crippen molar-refractivity contribution in [1.29, 1.82) is 0 Å². The number of allylic oxidation sites excluding steroid dienone is 4. The highest BCUT2D eigenvalue weighted by Gasteiger charge is 2.22. The fourth-order valence-electron chi connectivity index (χ4n) is 6.07. The zero-order valence-electron chi connectivity index (χ0n) is 33.0. The number of ether oxygens (including phenoxy) is 2. The molecule has 2 N–H and O–H groups in total. The van der Waals surface area contributed by atoms with E-state index in [0.717, 1.165) is 32.1 Å². The Balaban J connectivity index is 3.89. The lowest BCUT2D eigenvalue weighted by Gasteiger charge is -2.18. The molecule has 9 heteroatoms. The van der Waals surface area contributed by atoms with Crippen molar-refractivity contribution in [2.45, 2.75) is 219 Å². The Labute approximate surface area is 313 Å². The van der Waals surface area contributed by atoms with E-state index in [2.05, 4.69) is 30.5 Å². The van der Waals surface area contributed by atoms with Crippen molar-refractivity contribution in [3.05, 3.63) is 24.3 Å². The van der Waals surface area contributed by atoms with Crippen LogP contribution in [0.1, 0.15) is 213 Å². The first kappa shape index (κ1) is 49.5. The second-order valence-corrected chi connectivity index (χ2v) is 15.6. The quantitative estimate of drug-likeness (QED) is 0.0276. The van der Waals surface area contributed by atoms with Gasteiger partial charge in [0.1, 0.15) is 6.61 Å². The largest absolute Gasteiger partial charge is 0.469 e. The summed E-state index contributed by atoms with van der Waals surface area (Å²) in [6, 6.07) is 0. The summed E-state index contributed by atoms with van der Waals surface area (Å²) < 4.78 is 26.3. The number of hydrogen-bond acceptors (Lipinski definition) is 6. The maximum Gasteiger partial charge on any atom is 0.469 e. The molecular formula is C42H79O8P. The summed E-state index contributed by atoms with van der Waals surface area (Å²) in [7, 11) is -4.76. The molecule has 0 saturated carbocycles. The van der Waals surface area contributed by atoms with E-state index in [0.29, 0.717) is 6.42 Å². The summed E-state index contributed by atoms with van der Waals surface area (Å²) in [5.41, 5.74) is 0. The number of hydrogen-bond donors (Lipinski definition) is 2. The van der Waals surface area contributed by atoms with Crippen LogP contribution in [0.4, 0.5) is 0 Å². The molecule has 0 heterocycles. The summed E-state index contributed by atoms with van der Waals surface area (Å²) in [5.74, 6) is -0.954. The molecule has 0 rings (SSSR count). The molecule has 1 unspecified atom stereocenters. The van der Waals surface area contributed by atoms with Gasteiger partial charge in [-0.15, -0.1) is 0 Å². The minimum Gasteiger partial charge on any atom is -0.462 e. The maximum absolute atomic E-state index is 12.3. The Morgan fingerprint density at radius 2 is 0.922 bits per heavy atom. The normalized spacial score (nSPS) is 12.6. The molecule has 1 atom stereocenters. The van der Waals surface area contributed by atoms with Crippen LogP contribution in [-0.4, -0.2) is 41.0 Å². The Bertz CT molecular complexity index is 884. The lowest BCUT2D eigenvalue weighted by molar-refractivity contribution is -0.161. The van der Waals surface area contributed by atoms with Gasteiger partial charge in [0.25, 0.3) is 0 Å². The van der Waals surface area contributed by atoms with Crippen molar-refractivity contribution < 1.29 is 37.9 Å². The summed E-state index contributed by atoms with van der Waals surface area (Å²) in [5, 5.41) is 0. The van der Waals surface area contributed by atoms with E-state index in [9.17, 15) is 14.2 Å². The smallest absolute Gasteiger partial charge is 0.462 e. The monoisotopic (exact) mass is 743 g/mol. The molecule has 300 valence electrons. The van der Waals surface area contributed by atoms with E-state index in [1.165, 1.54) is 148 Å². The molecule has 0 spiro atoms. The van der Waals surface area contributed by atoms with Gasteiger partial charge in [-0.05, 0) is 32.1 Å². The van der Waals surface area contributed by atoms with Crippen molar-refractivity contribution in [3.63, 3.8) is 0 Å². The molecule has 0 aromatic rings. The Kier molecular flexibility index (Phi) is 37.2. The molecule has 0 radical (unpaired) electrons. The van der Waals surface area contributed by atoms with E-state index in [1.807, 2.05) is 12.2 Å². The van der Waals surface area contributed by atoms with Crippen LogP contribution in [0, 0.1) is 0 Å². The number of rotatable bonds is 39. The number of unbranched alkanes of at least 4 members (excludes halogenated alkanes) is 25. The molecule has 0 aliphatic rings. The molecule has 0 aliphatic heterocycles. The van der Waals surface area contributed by atoms with Crippen LogP contribution < -0.4 is 0 Å². The third kappa shape index (κ3) is 41.2. The van der Waals surface area contributed by atoms with Gasteiger partial charge in [-0.3, -0.25) is 14.1 Å². The Morgan fingerprint density at radius 1 is 0.510 bits per heavy atom. The van der Waals surface area contributed by atoms with E-state index >= 15 is 0 Å². The zero-order valence-corrected chi connectivity index (χ0v) is 33.9. The molecule has 0 aliphatic carbocycles. The topological polar surface area (TPSA) is 119 Å². The Morgan fingerprint density at radius 3 is 1.37 bits per heavy atom. The maximum atomic E-state index is 12.3. The second-order valence-electron chi connectivity index (χ2n) is 14.3. The SMILES string of the molecule is CCCCCCCC/C=C/C/C=C/CCC(=O)OC(COC(=O)CCCCCCCCCCCCCCCCCCCCCC)COP(=O)(O)O. The molecule has 0 amide bonds. The number of esters is 2. The van der Waals surface area contributed by atoms with Gasteiger partial charge in [0, 0.05) is 12.8 Å². The molecule has 0 bridgehead atoms. The molecule has 51 heavy (non-hydrogen) atoms. The van der Waals surface area contributed by atoms with Gasteiger partial charge in [-0.2, -0.15) is 0 Å². The highest BCUT2D eigenvalue weighted by Crippen LogP contribution is 2.36. The first-order chi connectivity index (χ1) is 24.8. The van der Waals surface area contributed by atoms with Gasteiger partial charge in [0.2, 0.25) is 0 Å². The van der Waals surface area contributed by atoms with Crippen LogP contribution in [0.2, 0.25) is 0 Å². The van der Waals surface area contributed by atoms with Crippen molar-refractivity contribution >= 4 is 19.8 Å². The van der Waals surface area contributed by atoms with Gasteiger partial charge in [0.05, 0.1) is 6.61 Å². The summed E-state index contributed by atoms with van der Waals surface area (Å²) in [6.45, 7) is 3.64. The van der Waals surface area contributed by atoms with Crippen LogP contribution in [0.5, 0.6) is 0 Å². The third-order valence-electron chi connectivity index (χ3n) is 9.24. The van der Waals surface area contributed by atoms with Gasteiger partial charge in [-0.25, -0.2) is 4.57 Å². The van der Waals surface area contributed by atoms with E-state index in [-0.39, 0.29) is 19.4 Å². The first-order valence-electron chi connectivity index (χ1n) is 21.1. The predicted molar refractivity (Wildman–Crippen MR) is 212 cm³/mol. The fourth-order valence-corrected chi connectivity index (χ4v) is 6.43. The van der Waals surface area contributed by atoms with Crippen molar-refractivity contribution in [3.8, 4) is 0 Å². The molecule has 8 nitrogen and oxygen atoms in total. The number of carbonyl (C=O) groups is 2. The average Bonchev–Trinajstić information content (AvgIpc) is 3.10. The standard InChI is InChI=1S/C42H79O8P/c1-3-5-7-9-11-13-15-17-18-19-20-21-22-23-25-26-28-30-32-34-36-41(43)48-38-40(39-49-51(45,46)47)50-42(44)37-35-33-31-29-27-24-16-14-12-10-8-6-4-2/h24,27,31,33,40H,3-23,25-26,28-30,32,34-39H2,1-2H3,(H2,45,46,47)/b27-24+,33-31+. The van der Waals surface area contributed by atoms with Crippen LogP contribution in [0.3, 0.4) is 0 Å². The lowest BCUT2D eigenvalue weighted by Crippen LogP contribution is -2.29. The molecule has 0 aromatic heterocycles. The number of carbonyl (C=O) groups excluding carboxylic acids is 2. The average molecular weight is 743 g/mol. The van der Waals surface area contributed by atoms with E-state index in [1.54, 1.807) is 0 Å². The second kappa shape index (κ2) is 38.3. The van der Waals surface area contributed by atoms with Crippen LogP contribution in [0.15, 0.2) is 24.3 Å². The third-order valence-corrected chi connectivity index (χ3v) is 9.72. The number of phosphoric ester groups is 1. The highest BCUT2D eigenvalue weighted by molar-refractivity contribution is 7.46. The fraction of sp³-hybridized carbons (Fsp3) is 0.857. The predicted octanol–water partition coefficient (Wildman–Crippen LogP) is 12.8. The van der Waals surface area contributed by atoms with Crippen LogP contribution in [0.25, 0.3) is 0 Å². The van der Waals surface area contributed by atoms with Crippen molar-refractivity contribution in [2.75, 3.05) is 13.2 Å². The molecule has 0 saturated heterocycles. The lowest BCUT2D eigenvalue weighted by atomic mass is 10.0. The molecular weight excluding hydrogens is 663 g/mol. The van der Waals surface area contributed by atoms with Crippen molar-refractivity contribution in [1.82, 2.24) is 0 Å². The van der Waals surface area contributed by atoms with Gasteiger partial charge >= 0.3 is 19.8 Å². The highest BCUT2D eigenvalue weighted by atomic mass is 31.2. The van der Waals surface area contributed by atoms with Crippen LogP contribution in [-0.2, 0) is 28.2 Å². The molecule has 0 aromatic carbocycles. The minimum atomic E-state index is -4.76. The van der Waals surface area contributed by atoms with Crippen molar-refractivity contribution in [2.24, 2.45) is 0 Å². The minimum absolute atomic E-state index is 0.109. The van der Waals surface area contributed by atoms with E-state index in [4.69, 9.17) is 19.3 Å². The van der Waals surface area contributed by atoms with Gasteiger partial charge < -0.3 is 19.3 Å².